The number of ether oxygens (including phenoxy) is 2. The molecule has 0 saturated carbocycles. The first kappa shape index (κ1) is 21.3. The zero-order chi connectivity index (χ0) is 17.5. The number of amides is 2. The van der Waals surface area contributed by atoms with E-state index in [9.17, 15) is 19.2 Å². The number of rotatable bonds is 7. The Kier molecular flexibility index (Phi) is 12.5. The van der Waals surface area contributed by atoms with Gasteiger partial charge >= 0.3 is 24.1 Å². The molecule has 0 aliphatic rings. The van der Waals surface area contributed by atoms with Crippen molar-refractivity contribution in [2.45, 2.75) is 19.4 Å². The van der Waals surface area contributed by atoms with Crippen LogP contribution in [-0.4, -0.2) is 46.9 Å². The summed E-state index contributed by atoms with van der Waals surface area (Å²) in [4.78, 5) is 41.0. The average Bonchev–Trinajstić information content (AvgIpc) is 2.39. The summed E-state index contributed by atoms with van der Waals surface area (Å²) in [6.07, 6.45) is 0.253. The van der Waals surface area contributed by atoms with Crippen molar-refractivity contribution in [1.82, 2.24) is 10.6 Å². The lowest BCUT2D eigenvalue weighted by Crippen LogP contribution is -2.37. The summed E-state index contributed by atoms with van der Waals surface area (Å²) in [7, 11) is 0. The minimum atomic E-state index is -1.12. The topological polar surface area (TPSA) is 151 Å². The molecule has 0 rings (SSSR count). The number of aliphatic carboxylic acids is 2. The van der Waals surface area contributed by atoms with Crippen LogP contribution in [0.15, 0.2) is 25.7 Å². The predicted molar refractivity (Wildman–Crippen MR) is 73.8 cm³/mol. The molecule has 1 atom stereocenters. The molecule has 0 saturated heterocycles. The van der Waals surface area contributed by atoms with E-state index < -0.39 is 30.2 Å². The van der Waals surface area contributed by atoms with Crippen molar-refractivity contribution in [3.63, 3.8) is 0 Å². The normalized spacial score (nSPS) is 9.86. The van der Waals surface area contributed by atoms with Crippen LogP contribution >= 0.6 is 0 Å². The van der Waals surface area contributed by atoms with Gasteiger partial charge in [-0.1, -0.05) is 13.2 Å². The van der Waals surface area contributed by atoms with Crippen LogP contribution in [0.1, 0.15) is 13.3 Å². The molecule has 0 aromatic heterocycles. The maximum Gasteiger partial charge on any atom is 0.412 e. The quantitative estimate of drug-likeness (QED) is 0.500. The lowest BCUT2D eigenvalue weighted by molar-refractivity contribution is -0.139. The summed E-state index contributed by atoms with van der Waals surface area (Å²) in [5.41, 5.74) is 0. The number of carboxylic acids is 2. The summed E-state index contributed by atoms with van der Waals surface area (Å²) >= 11 is 0. The molecule has 0 spiro atoms. The van der Waals surface area contributed by atoms with Crippen LogP contribution in [0, 0.1) is 0 Å². The van der Waals surface area contributed by atoms with Crippen LogP contribution in [0.5, 0.6) is 0 Å². The molecule has 0 radical (unpaired) electrons. The fraction of sp³-hybridized carbons (Fsp3) is 0.333. The predicted octanol–water partition coefficient (Wildman–Crippen LogP) is 0.660. The van der Waals surface area contributed by atoms with E-state index in [-0.39, 0.29) is 13.0 Å². The molecule has 0 aliphatic carbocycles. The van der Waals surface area contributed by atoms with E-state index in [0.717, 1.165) is 12.5 Å². The summed E-state index contributed by atoms with van der Waals surface area (Å²) in [6, 6.07) is -0.956. The molecule has 0 aromatic rings. The third kappa shape index (κ3) is 15.0. The number of hydrogen-bond acceptors (Lipinski definition) is 6. The van der Waals surface area contributed by atoms with Crippen molar-refractivity contribution in [1.29, 1.82) is 0 Å². The minimum Gasteiger partial charge on any atom is -0.481 e. The van der Waals surface area contributed by atoms with E-state index >= 15 is 0 Å². The molecular weight excluding hydrogens is 300 g/mol. The second kappa shape index (κ2) is 13.0. The van der Waals surface area contributed by atoms with E-state index in [1.54, 1.807) is 0 Å². The highest BCUT2D eigenvalue weighted by atomic mass is 16.5. The first-order chi connectivity index (χ1) is 10.2. The first-order valence-electron chi connectivity index (χ1n) is 5.82. The zero-order valence-electron chi connectivity index (χ0n) is 11.9. The molecule has 124 valence electrons. The van der Waals surface area contributed by atoms with E-state index in [4.69, 9.17) is 10.2 Å². The molecule has 0 bridgehead atoms. The highest BCUT2D eigenvalue weighted by Crippen LogP contribution is 1.84. The molecular formula is C12H18N2O8. The van der Waals surface area contributed by atoms with Crippen molar-refractivity contribution < 1.29 is 38.9 Å². The minimum absolute atomic E-state index is 0.0575. The van der Waals surface area contributed by atoms with Crippen molar-refractivity contribution in [3.05, 3.63) is 25.7 Å². The van der Waals surface area contributed by atoms with Gasteiger partial charge < -0.3 is 30.3 Å². The van der Waals surface area contributed by atoms with Gasteiger partial charge in [-0.2, -0.15) is 0 Å². The average molecular weight is 318 g/mol. The summed E-state index contributed by atoms with van der Waals surface area (Å²) in [5.74, 6) is -2.09. The van der Waals surface area contributed by atoms with Crippen LogP contribution in [0.25, 0.3) is 0 Å². The van der Waals surface area contributed by atoms with Crippen molar-refractivity contribution in [2.75, 3.05) is 6.54 Å². The molecule has 10 nitrogen and oxygen atoms in total. The van der Waals surface area contributed by atoms with Crippen LogP contribution in [0.4, 0.5) is 9.59 Å². The van der Waals surface area contributed by atoms with Crippen LogP contribution in [0.2, 0.25) is 0 Å². The Balaban J connectivity index is 0. The standard InChI is InChI=1S/2C6H9NO4/c1-3-11-6(10)7-4(2)5(8)9;1-2-11-6(10)7-4-3-5(8)9/h3-4H,1H2,2H3,(H,7,10)(H,8,9);2H,1,3-4H2,(H,7,10)(H,8,9)/t4-;/m0./s1. The van der Waals surface area contributed by atoms with Gasteiger partial charge in [-0.05, 0) is 6.92 Å². The van der Waals surface area contributed by atoms with Gasteiger partial charge in [0.05, 0.1) is 18.9 Å². The number of carbonyl (C=O) groups is 4. The number of hydrogen-bond donors (Lipinski definition) is 4. The summed E-state index contributed by atoms with van der Waals surface area (Å²) in [6.45, 7) is 7.65. The van der Waals surface area contributed by atoms with Gasteiger partial charge in [-0.3, -0.25) is 9.59 Å². The second-order valence-corrected chi connectivity index (χ2v) is 3.42. The molecule has 10 heteroatoms. The third-order valence-electron chi connectivity index (χ3n) is 1.69. The van der Waals surface area contributed by atoms with Gasteiger partial charge in [-0.25, -0.2) is 9.59 Å². The first-order valence-corrected chi connectivity index (χ1v) is 5.82. The Morgan fingerprint density at radius 3 is 2.00 bits per heavy atom. The fourth-order valence-electron chi connectivity index (χ4n) is 0.737. The fourth-order valence-corrected chi connectivity index (χ4v) is 0.737. The maximum atomic E-state index is 10.5. The molecule has 2 amide bonds. The van der Waals surface area contributed by atoms with Crippen molar-refractivity contribution in [2.24, 2.45) is 0 Å². The Morgan fingerprint density at radius 2 is 1.59 bits per heavy atom. The maximum absolute atomic E-state index is 10.5. The number of carbonyl (C=O) groups excluding carboxylic acids is 2. The lowest BCUT2D eigenvalue weighted by Gasteiger charge is -2.06. The lowest BCUT2D eigenvalue weighted by atomic mass is 10.4. The van der Waals surface area contributed by atoms with E-state index in [0.29, 0.717) is 0 Å². The van der Waals surface area contributed by atoms with Gasteiger partial charge in [0.1, 0.15) is 6.04 Å². The number of nitrogens with one attached hydrogen (secondary N) is 2. The van der Waals surface area contributed by atoms with E-state index in [1.165, 1.54) is 6.92 Å². The molecule has 0 fully saturated rings. The van der Waals surface area contributed by atoms with Gasteiger partial charge in [-0.15, -0.1) is 0 Å². The highest BCUT2D eigenvalue weighted by Gasteiger charge is 2.13. The van der Waals surface area contributed by atoms with Gasteiger partial charge in [0.2, 0.25) is 0 Å². The van der Waals surface area contributed by atoms with E-state index in [2.05, 4.69) is 27.9 Å². The number of carboxylic acid groups (broad SMARTS) is 2. The Labute approximate surface area is 126 Å². The zero-order valence-corrected chi connectivity index (χ0v) is 11.9. The highest BCUT2D eigenvalue weighted by molar-refractivity contribution is 5.79. The molecule has 4 N–H and O–H groups in total. The smallest absolute Gasteiger partial charge is 0.412 e. The Hall–Kier alpha value is -3.04. The summed E-state index contributed by atoms with van der Waals surface area (Å²) < 4.78 is 8.46. The Morgan fingerprint density at radius 1 is 1.09 bits per heavy atom. The van der Waals surface area contributed by atoms with Crippen LogP contribution < -0.4 is 10.6 Å². The molecule has 0 heterocycles. The van der Waals surface area contributed by atoms with Crippen molar-refractivity contribution >= 4 is 24.1 Å². The number of alkyl carbamates (subject to hydrolysis) is 2. The molecule has 0 unspecified atom stereocenters. The van der Waals surface area contributed by atoms with Gasteiger partial charge in [0.25, 0.3) is 0 Å². The largest absolute Gasteiger partial charge is 0.481 e. The molecule has 22 heavy (non-hydrogen) atoms. The van der Waals surface area contributed by atoms with Gasteiger partial charge in [0.15, 0.2) is 0 Å². The SMILES string of the molecule is C=COC(=O)NCCC(=O)O.C=COC(=O)N[C@@H](C)C(=O)O. The monoisotopic (exact) mass is 318 g/mol. The van der Waals surface area contributed by atoms with E-state index in [1.807, 2.05) is 5.32 Å². The van der Waals surface area contributed by atoms with Crippen molar-refractivity contribution in [3.8, 4) is 0 Å². The summed E-state index contributed by atoms with van der Waals surface area (Å²) in [5, 5.41) is 20.7. The molecule has 0 aromatic carbocycles. The third-order valence-corrected chi connectivity index (χ3v) is 1.69. The second-order valence-electron chi connectivity index (χ2n) is 3.42. The molecule has 0 aliphatic heterocycles. The van der Waals surface area contributed by atoms with Gasteiger partial charge in [0, 0.05) is 6.54 Å². The Bertz CT molecular complexity index is 421. The van der Waals surface area contributed by atoms with Crippen LogP contribution in [-0.2, 0) is 19.1 Å². The van der Waals surface area contributed by atoms with Crippen LogP contribution in [0.3, 0.4) is 0 Å².